The van der Waals surface area contributed by atoms with Crippen LogP contribution in [0.15, 0.2) is 36.8 Å². The van der Waals surface area contributed by atoms with Gasteiger partial charge in [0.2, 0.25) is 0 Å². The van der Waals surface area contributed by atoms with Crippen molar-refractivity contribution in [3.8, 4) is 0 Å². The lowest BCUT2D eigenvalue weighted by atomic mass is 10.1. The molecule has 0 amide bonds. The highest BCUT2D eigenvalue weighted by Gasteiger charge is 2.19. The van der Waals surface area contributed by atoms with Crippen molar-refractivity contribution in [1.29, 1.82) is 0 Å². The third-order valence-electron chi connectivity index (χ3n) is 3.92. The van der Waals surface area contributed by atoms with Gasteiger partial charge in [0.1, 0.15) is 25.3 Å². The summed E-state index contributed by atoms with van der Waals surface area (Å²) < 4.78 is 23.9. The fourth-order valence-corrected chi connectivity index (χ4v) is 2.68. The Bertz CT molecular complexity index is 452. The Balaban J connectivity index is 1.57. The Morgan fingerprint density at radius 1 is 1.10 bits per heavy atom. The number of benzene rings is 1. The van der Waals surface area contributed by atoms with Gasteiger partial charge in [0.15, 0.2) is 6.10 Å². The molecule has 0 aliphatic carbocycles. The van der Waals surface area contributed by atoms with E-state index in [1.54, 1.807) is 12.5 Å². The number of halogens is 1. The topological polar surface area (TPSA) is 21.7 Å². The predicted octanol–water partition coefficient (Wildman–Crippen LogP) is 3.18. The van der Waals surface area contributed by atoms with Crippen LogP contribution in [0.3, 0.4) is 0 Å². The van der Waals surface area contributed by atoms with E-state index in [1.807, 2.05) is 0 Å². The summed E-state index contributed by atoms with van der Waals surface area (Å²) in [6.45, 7) is 3.16. The molecule has 2 aliphatic rings. The van der Waals surface area contributed by atoms with Crippen LogP contribution in [0, 0.1) is 0 Å². The lowest BCUT2D eigenvalue weighted by molar-refractivity contribution is 0.0326. The largest absolute Gasteiger partial charge is 0.494 e. The summed E-state index contributed by atoms with van der Waals surface area (Å²) in [5.41, 5.74) is 2.39. The van der Waals surface area contributed by atoms with Crippen LogP contribution < -0.4 is 0 Å². The summed E-state index contributed by atoms with van der Waals surface area (Å²) in [6.07, 6.45) is 3.86. The molecule has 20 heavy (non-hydrogen) atoms. The molecule has 1 saturated heterocycles. The van der Waals surface area contributed by atoms with E-state index in [9.17, 15) is 4.39 Å². The monoisotopic (exact) mass is 277 g/mol. The molecule has 2 heterocycles. The predicted molar refractivity (Wildman–Crippen MR) is 74.8 cm³/mol. The van der Waals surface area contributed by atoms with Crippen molar-refractivity contribution in [2.45, 2.75) is 31.7 Å². The number of alkyl halides is 1. The van der Waals surface area contributed by atoms with Crippen LogP contribution in [-0.4, -0.2) is 30.8 Å². The van der Waals surface area contributed by atoms with Gasteiger partial charge in [0, 0.05) is 19.6 Å². The molecule has 0 N–H and O–H groups in total. The van der Waals surface area contributed by atoms with Gasteiger partial charge in [-0.3, -0.25) is 4.90 Å². The molecule has 0 aromatic heterocycles. The van der Waals surface area contributed by atoms with Crippen molar-refractivity contribution < 1.29 is 13.9 Å². The van der Waals surface area contributed by atoms with E-state index in [1.165, 1.54) is 5.56 Å². The average molecular weight is 277 g/mol. The number of nitrogens with zero attached hydrogens (tertiary/aromatic N) is 1. The van der Waals surface area contributed by atoms with Gasteiger partial charge in [-0.05, 0) is 24.0 Å². The first kappa shape index (κ1) is 13.4. The van der Waals surface area contributed by atoms with Gasteiger partial charge in [-0.2, -0.15) is 0 Å². The summed E-state index contributed by atoms with van der Waals surface area (Å²) in [5.74, 6) is 0. The maximum atomic E-state index is 13.1. The fraction of sp³-hybridized carbons (Fsp3) is 0.500. The van der Waals surface area contributed by atoms with Crippen LogP contribution in [0.2, 0.25) is 0 Å². The van der Waals surface area contributed by atoms with Crippen molar-refractivity contribution in [2.75, 3.05) is 19.7 Å². The summed E-state index contributed by atoms with van der Waals surface area (Å²) in [6, 6.07) is 8.42. The second-order valence-electron chi connectivity index (χ2n) is 5.42. The molecular weight excluding hydrogens is 257 g/mol. The van der Waals surface area contributed by atoms with E-state index in [4.69, 9.17) is 9.47 Å². The average Bonchev–Trinajstić information content (AvgIpc) is 2.51. The Labute approximate surface area is 119 Å². The number of likely N-dealkylation sites (tertiary alicyclic amines) is 1. The van der Waals surface area contributed by atoms with Crippen LogP contribution in [0.4, 0.5) is 4.39 Å². The summed E-state index contributed by atoms with van der Waals surface area (Å²) in [4.78, 5) is 2.31. The fourth-order valence-electron chi connectivity index (χ4n) is 2.68. The van der Waals surface area contributed by atoms with Crippen molar-refractivity contribution in [3.63, 3.8) is 0 Å². The molecule has 0 saturated carbocycles. The molecule has 108 valence electrons. The molecule has 0 radical (unpaired) electrons. The molecule has 2 aliphatic heterocycles. The van der Waals surface area contributed by atoms with E-state index in [-0.39, 0.29) is 6.10 Å². The minimum absolute atomic E-state index is 0.0173. The van der Waals surface area contributed by atoms with Crippen molar-refractivity contribution in [1.82, 2.24) is 4.90 Å². The Morgan fingerprint density at radius 2 is 1.85 bits per heavy atom. The first-order valence-corrected chi connectivity index (χ1v) is 7.18. The van der Waals surface area contributed by atoms with Crippen LogP contribution in [-0.2, 0) is 16.0 Å². The van der Waals surface area contributed by atoms with Gasteiger partial charge in [-0.1, -0.05) is 24.3 Å². The maximum absolute atomic E-state index is 13.1. The second-order valence-corrected chi connectivity index (χ2v) is 5.42. The molecule has 0 unspecified atom stereocenters. The van der Waals surface area contributed by atoms with Gasteiger partial charge in [0.05, 0.1) is 0 Å². The lowest BCUT2D eigenvalue weighted by Crippen LogP contribution is -2.33. The molecule has 3 rings (SSSR count). The van der Waals surface area contributed by atoms with E-state index in [0.717, 1.165) is 25.2 Å². The number of hydrogen-bond donors (Lipinski definition) is 0. The SMILES string of the molecule is FC1CCN(Cc2ccc([C@H]3COC=CO3)cc2)CC1. The van der Waals surface area contributed by atoms with E-state index in [0.29, 0.717) is 19.4 Å². The van der Waals surface area contributed by atoms with Gasteiger partial charge in [-0.15, -0.1) is 0 Å². The van der Waals surface area contributed by atoms with Gasteiger partial charge in [0.25, 0.3) is 0 Å². The maximum Gasteiger partial charge on any atom is 0.157 e. The zero-order valence-electron chi connectivity index (χ0n) is 11.5. The highest BCUT2D eigenvalue weighted by Crippen LogP contribution is 2.22. The Hall–Kier alpha value is -1.55. The highest BCUT2D eigenvalue weighted by molar-refractivity contribution is 5.24. The van der Waals surface area contributed by atoms with Crippen molar-refractivity contribution >= 4 is 0 Å². The van der Waals surface area contributed by atoms with Crippen molar-refractivity contribution in [2.24, 2.45) is 0 Å². The molecule has 1 aromatic carbocycles. The molecular formula is C16H20FNO2. The zero-order chi connectivity index (χ0) is 13.8. The second kappa shape index (κ2) is 6.27. The minimum Gasteiger partial charge on any atom is -0.494 e. The summed E-state index contributed by atoms with van der Waals surface area (Å²) in [7, 11) is 0. The normalized spacial score (nSPS) is 24.1. The van der Waals surface area contributed by atoms with E-state index < -0.39 is 6.17 Å². The van der Waals surface area contributed by atoms with Crippen LogP contribution in [0.1, 0.15) is 30.1 Å². The summed E-state index contributed by atoms with van der Waals surface area (Å²) >= 11 is 0. The lowest BCUT2D eigenvalue weighted by Gasteiger charge is -2.28. The van der Waals surface area contributed by atoms with E-state index >= 15 is 0 Å². The molecule has 1 fully saturated rings. The Kier molecular flexibility index (Phi) is 4.21. The van der Waals surface area contributed by atoms with Gasteiger partial charge >= 0.3 is 0 Å². The number of ether oxygens (including phenoxy) is 2. The van der Waals surface area contributed by atoms with Crippen molar-refractivity contribution in [3.05, 3.63) is 47.9 Å². The van der Waals surface area contributed by atoms with Crippen LogP contribution in [0.5, 0.6) is 0 Å². The first-order valence-electron chi connectivity index (χ1n) is 7.18. The minimum atomic E-state index is -0.606. The van der Waals surface area contributed by atoms with Gasteiger partial charge < -0.3 is 9.47 Å². The highest BCUT2D eigenvalue weighted by atomic mass is 19.1. The third kappa shape index (κ3) is 3.31. The number of rotatable bonds is 3. The standard InChI is InChI=1S/C16H20FNO2/c17-15-5-7-18(8-6-15)11-13-1-3-14(4-2-13)16-12-19-9-10-20-16/h1-4,9-10,15-16H,5-8,11-12H2/t16-/m1/s1. The molecule has 4 heteroatoms. The van der Waals surface area contributed by atoms with Crippen LogP contribution >= 0.6 is 0 Å². The molecule has 1 atom stereocenters. The third-order valence-corrected chi connectivity index (χ3v) is 3.92. The van der Waals surface area contributed by atoms with E-state index in [2.05, 4.69) is 29.2 Å². The molecule has 3 nitrogen and oxygen atoms in total. The zero-order valence-corrected chi connectivity index (χ0v) is 11.5. The smallest absolute Gasteiger partial charge is 0.157 e. The molecule has 0 bridgehead atoms. The van der Waals surface area contributed by atoms with Crippen LogP contribution in [0.25, 0.3) is 0 Å². The molecule has 1 aromatic rings. The number of hydrogen-bond acceptors (Lipinski definition) is 3. The van der Waals surface area contributed by atoms with Gasteiger partial charge in [-0.25, -0.2) is 4.39 Å². The summed E-state index contributed by atoms with van der Waals surface area (Å²) in [5, 5.41) is 0. The Morgan fingerprint density at radius 3 is 2.50 bits per heavy atom. The molecule has 0 spiro atoms. The number of piperidine rings is 1. The quantitative estimate of drug-likeness (QED) is 0.847. The first-order chi connectivity index (χ1) is 9.81.